The molecule has 0 spiro atoms. The summed E-state index contributed by atoms with van der Waals surface area (Å²) in [6.45, 7) is 14.0. The maximum atomic E-state index is 13.4. The van der Waals surface area contributed by atoms with Crippen molar-refractivity contribution in [3.8, 4) is 0 Å². The molecule has 200 valence electrons. The zero-order chi connectivity index (χ0) is 27.2. The van der Waals surface area contributed by atoms with Crippen LogP contribution in [-0.4, -0.2) is 36.4 Å². The number of carbonyl (C=O) groups is 1. The molecule has 2 aliphatic rings. The molecular weight excluding hydrogens is 486 g/mol. The van der Waals surface area contributed by atoms with E-state index >= 15 is 0 Å². The van der Waals surface area contributed by atoms with Gasteiger partial charge in [0.25, 0.3) is 15.9 Å². The summed E-state index contributed by atoms with van der Waals surface area (Å²) in [4.78, 5) is 24.4. The molecule has 3 N–H and O–H groups in total. The van der Waals surface area contributed by atoms with Gasteiger partial charge < -0.3 is 10.6 Å². The number of amides is 1. The number of pyridine rings is 2. The van der Waals surface area contributed by atoms with Gasteiger partial charge in [0.05, 0.1) is 11.3 Å². The standard InChI is InChI=1S/C28H39N5O3S/c1-18-16-28(5,6)33(17-18)25-21(26(34)32-37(35,36)24-9-7-8-23(29)31-24)14-15-22(30-25)19-10-12-20(13-11-19)27(2,3)4/h7-10,14-15,18,20H,11-13,16-17H2,1-6H3,(H2,29,31)(H,32,34)/t18-,20?/m0/s1. The molecule has 1 unspecified atom stereocenters. The van der Waals surface area contributed by atoms with Crippen molar-refractivity contribution < 1.29 is 13.2 Å². The van der Waals surface area contributed by atoms with E-state index in [-0.39, 0.29) is 27.4 Å². The Morgan fingerprint density at radius 1 is 1.16 bits per heavy atom. The lowest BCUT2D eigenvalue weighted by molar-refractivity contribution is 0.0981. The lowest BCUT2D eigenvalue weighted by atomic mass is 9.73. The highest BCUT2D eigenvalue weighted by atomic mass is 32.2. The first-order chi connectivity index (χ1) is 17.2. The van der Waals surface area contributed by atoms with Crippen LogP contribution in [0.5, 0.6) is 0 Å². The van der Waals surface area contributed by atoms with E-state index in [9.17, 15) is 13.2 Å². The molecule has 8 nitrogen and oxygen atoms in total. The Bertz CT molecular complexity index is 1330. The summed E-state index contributed by atoms with van der Waals surface area (Å²) >= 11 is 0. The predicted molar refractivity (Wildman–Crippen MR) is 148 cm³/mol. The van der Waals surface area contributed by atoms with Crippen molar-refractivity contribution >= 4 is 33.1 Å². The Labute approximate surface area is 220 Å². The summed E-state index contributed by atoms with van der Waals surface area (Å²) in [5.74, 6) is 0.866. The number of nitrogens with one attached hydrogen (secondary N) is 1. The molecule has 2 aromatic rings. The Morgan fingerprint density at radius 2 is 1.89 bits per heavy atom. The third-order valence-corrected chi connectivity index (χ3v) is 8.89. The largest absolute Gasteiger partial charge is 0.384 e. The van der Waals surface area contributed by atoms with Gasteiger partial charge in [-0.3, -0.25) is 4.79 Å². The van der Waals surface area contributed by atoms with E-state index in [2.05, 4.69) is 62.2 Å². The number of carbonyl (C=O) groups excluding carboxylic acids is 1. The van der Waals surface area contributed by atoms with Gasteiger partial charge in [-0.2, -0.15) is 8.42 Å². The number of nitrogen functional groups attached to an aromatic ring is 1. The molecule has 37 heavy (non-hydrogen) atoms. The molecule has 1 aliphatic heterocycles. The zero-order valence-corrected chi connectivity index (χ0v) is 23.5. The molecule has 1 saturated heterocycles. The van der Waals surface area contributed by atoms with Crippen LogP contribution in [0.3, 0.4) is 0 Å². The Morgan fingerprint density at radius 3 is 2.46 bits per heavy atom. The summed E-state index contributed by atoms with van der Waals surface area (Å²) < 4.78 is 28.0. The number of nitrogens with zero attached hydrogens (tertiary/aromatic N) is 3. The minimum Gasteiger partial charge on any atom is -0.384 e. The molecule has 0 aromatic carbocycles. The fourth-order valence-electron chi connectivity index (χ4n) is 5.63. The van der Waals surface area contributed by atoms with E-state index in [1.807, 2.05) is 6.07 Å². The molecule has 1 fully saturated rings. The van der Waals surface area contributed by atoms with Crippen molar-refractivity contribution in [2.45, 2.75) is 77.8 Å². The summed E-state index contributed by atoms with van der Waals surface area (Å²) in [5.41, 5.74) is 7.92. The minimum absolute atomic E-state index is 0.0595. The van der Waals surface area contributed by atoms with Gasteiger partial charge in [-0.15, -0.1) is 0 Å². The van der Waals surface area contributed by atoms with Gasteiger partial charge in [0, 0.05) is 12.1 Å². The van der Waals surface area contributed by atoms with Crippen LogP contribution in [0.1, 0.15) is 83.3 Å². The van der Waals surface area contributed by atoms with E-state index in [4.69, 9.17) is 10.7 Å². The van der Waals surface area contributed by atoms with Crippen LogP contribution in [0.25, 0.3) is 5.57 Å². The predicted octanol–water partition coefficient (Wildman–Crippen LogP) is 5.03. The highest BCUT2D eigenvalue weighted by Gasteiger charge is 2.39. The van der Waals surface area contributed by atoms with E-state index in [1.54, 1.807) is 6.07 Å². The van der Waals surface area contributed by atoms with Crippen molar-refractivity contribution in [3.63, 3.8) is 0 Å². The Kier molecular flexibility index (Phi) is 7.14. The van der Waals surface area contributed by atoms with Crippen LogP contribution < -0.4 is 15.4 Å². The summed E-state index contributed by atoms with van der Waals surface area (Å²) in [6, 6.07) is 7.81. The second kappa shape index (κ2) is 9.74. The summed E-state index contributed by atoms with van der Waals surface area (Å²) in [7, 11) is -4.21. The third kappa shape index (κ3) is 5.81. The lowest BCUT2D eigenvalue weighted by Gasteiger charge is -2.35. The van der Waals surface area contributed by atoms with E-state index in [1.165, 1.54) is 23.8 Å². The van der Waals surface area contributed by atoms with E-state index in [0.717, 1.165) is 37.9 Å². The molecule has 0 saturated carbocycles. The number of sulfonamides is 1. The molecule has 9 heteroatoms. The smallest absolute Gasteiger partial charge is 0.281 e. The zero-order valence-electron chi connectivity index (χ0n) is 22.7. The minimum atomic E-state index is -4.21. The number of nitrogens with two attached hydrogens (primary N) is 1. The number of hydrogen-bond donors (Lipinski definition) is 2. The average molecular weight is 526 g/mol. The summed E-state index contributed by atoms with van der Waals surface area (Å²) in [6.07, 6.45) is 6.23. The molecule has 1 aliphatic carbocycles. The molecule has 0 radical (unpaired) electrons. The second-order valence-electron chi connectivity index (χ2n) is 12.2. The van der Waals surface area contributed by atoms with Gasteiger partial charge in [0.1, 0.15) is 11.6 Å². The van der Waals surface area contributed by atoms with Gasteiger partial charge in [-0.1, -0.05) is 39.8 Å². The van der Waals surface area contributed by atoms with Crippen LogP contribution in [0.15, 0.2) is 41.4 Å². The maximum Gasteiger partial charge on any atom is 0.281 e. The van der Waals surface area contributed by atoms with Crippen molar-refractivity contribution in [3.05, 3.63) is 47.7 Å². The van der Waals surface area contributed by atoms with Crippen molar-refractivity contribution in [1.29, 1.82) is 0 Å². The normalized spacial score (nSPS) is 22.0. The van der Waals surface area contributed by atoms with Gasteiger partial charge in [-0.05, 0) is 86.6 Å². The molecule has 0 bridgehead atoms. The Balaban J connectivity index is 1.71. The van der Waals surface area contributed by atoms with Crippen molar-refractivity contribution in [1.82, 2.24) is 14.7 Å². The third-order valence-electron chi connectivity index (χ3n) is 7.66. The SMILES string of the molecule is C[C@@H]1CN(c2nc(C3=CCC(C(C)(C)C)CC3)ccc2C(=O)NS(=O)(=O)c2cccc(N)n2)C(C)(C)C1. The first kappa shape index (κ1) is 27.1. The molecule has 1 amide bonds. The van der Waals surface area contributed by atoms with Crippen LogP contribution in [-0.2, 0) is 10.0 Å². The first-order valence-corrected chi connectivity index (χ1v) is 14.4. The number of allylic oxidation sites excluding steroid dienone is 2. The quantitative estimate of drug-likeness (QED) is 0.562. The first-order valence-electron chi connectivity index (χ1n) is 12.9. The van der Waals surface area contributed by atoms with Crippen LogP contribution in [0, 0.1) is 17.3 Å². The molecule has 3 heterocycles. The second-order valence-corrected chi connectivity index (χ2v) is 13.8. The van der Waals surface area contributed by atoms with Crippen LogP contribution >= 0.6 is 0 Å². The number of rotatable bonds is 5. The fraction of sp³-hybridized carbons (Fsp3) is 0.536. The molecule has 2 aromatic heterocycles. The van der Waals surface area contributed by atoms with Crippen LogP contribution in [0.2, 0.25) is 0 Å². The van der Waals surface area contributed by atoms with Crippen molar-refractivity contribution in [2.75, 3.05) is 17.2 Å². The van der Waals surface area contributed by atoms with Gasteiger partial charge >= 0.3 is 0 Å². The molecule has 4 rings (SSSR count). The van der Waals surface area contributed by atoms with Gasteiger partial charge in [0.15, 0.2) is 5.03 Å². The highest BCUT2D eigenvalue weighted by molar-refractivity contribution is 7.90. The monoisotopic (exact) mass is 525 g/mol. The average Bonchev–Trinajstić information content (AvgIpc) is 3.09. The topological polar surface area (TPSA) is 118 Å². The number of hydrogen-bond acceptors (Lipinski definition) is 7. The Hall–Kier alpha value is -2.94. The van der Waals surface area contributed by atoms with Gasteiger partial charge in [-0.25, -0.2) is 14.7 Å². The van der Waals surface area contributed by atoms with E-state index < -0.39 is 15.9 Å². The fourth-order valence-corrected chi connectivity index (χ4v) is 6.57. The molecular formula is C28H39N5O3S. The lowest BCUT2D eigenvalue weighted by Crippen LogP contribution is -2.41. The highest BCUT2D eigenvalue weighted by Crippen LogP contribution is 2.41. The van der Waals surface area contributed by atoms with Crippen molar-refractivity contribution in [2.24, 2.45) is 17.3 Å². The maximum absolute atomic E-state index is 13.4. The molecule has 2 atom stereocenters. The van der Waals surface area contributed by atoms with E-state index in [0.29, 0.717) is 17.7 Å². The van der Waals surface area contributed by atoms with Crippen LogP contribution in [0.4, 0.5) is 11.6 Å². The van der Waals surface area contributed by atoms with Gasteiger partial charge in [0.2, 0.25) is 0 Å². The number of aromatic nitrogens is 2. The number of anilines is 2. The summed E-state index contributed by atoms with van der Waals surface area (Å²) in [5, 5.41) is -0.303.